The van der Waals surface area contributed by atoms with Gasteiger partial charge in [0.2, 0.25) is 0 Å². The summed E-state index contributed by atoms with van der Waals surface area (Å²) in [5.41, 5.74) is 6.91. The lowest BCUT2D eigenvalue weighted by atomic mass is 9.93. The second-order valence-corrected chi connectivity index (χ2v) is 30.0. The van der Waals surface area contributed by atoms with E-state index in [1.807, 2.05) is 146 Å². The predicted octanol–water partition coefficient (Wildman–Crippen LogP) is 25.2. The van der Waals surface area contributed by atoms with E-state index in [1.165, 1.54) is 49.4 Å². The van der Waals surface area contributed by atoms with Gasteiger partial charge in [-0.2, -0.15) is 0 Å². The van der Waals surface area contributed by atoms with Crippen molar-refractivity contribution in [2.24, 2.45) is 0 Å². The van der Waals surface area contributed by atoms with Gasteiger partial charge in [-0.3, -0.25) is 19.2 Å². The zero-order valence-electron chi connectivity index (χ0n) is 57.8. The maximum absolute atomic E-state index is 12.6. The number of hydrogen-bond acceptors (Lipinski definition) is 11. The average Bonchev–Trinajstić information content (AvgIpc) is 0.795. The number of rotatable bonds is 7. The lowest BCUT2D eigenvalue weighted by Gasteiger charge is -2.11. The number of hydrogen-bond donors (Lipinski definition) is 1. The first-order valence-electron chi connectivity index (χ1n) is 33.9. The number of aromatic hydroxyl groups is 1. The van der Waals surface area contributed by atoms with Gasteiger partial charge in [0, 0.05) is 86.4 Å². The molecule has 17 aromatic rings. The number of aryl methyl sites for hydroxylation is 4. The van der Waals surface area contributed by atoms with Crippen LogP contribution in [0.1, 0.15) is 74.8 Å². The normalized spacial score (nSPS) is 11.1. The largest absolute Gasteiger partial charge is 0.507 e. The van der Waals surface area contributed by atoms with Crippen molar-refractivity contribution in [3.8, 4) is 17.2 Å². The van der Waals surface area contributed by atoms with Crippen molar-refractivity contribution in [2.45, 2.75) is 73.6 Å². The number of ether oxygens (including phenoxy) is 2. The first-order chi connectivity index (χ1) is 49.5. The smallest absolute Gasteiger partial charge is 0.197 e. The van der Waals surface area contributed by atoms with E-state index in [1.54, 1.807) is 76.7 Å². The Bertz CT molecular complexity index is 6140. The van der Waals surface area contributed by atoms with E-state index in [0.29, 0.717) is 38.7 Å². The molecule has 0 unspecified atom stereocenters. The van der Waals surface area contributed by atoms with Crippen LogP contribution in [0.3, 0.4) is 0 Å². The summed E-state index contributed by atoms with van der Waals surface area (Å²) in [6.07, 6.45) is 2.87. The van der Waals surface area contributed by atoms with E-state index >= 15 is 0 Å². The number of phenols is 1. The van der Waals surface area contributed by atoms with Crippen LogP contribution in [0.5, 0.6) is 17.2 Å². The summed E-state index contributed by atoms with van der Waals surface area (Å²) in [5, 5.41) is 24.0. The molecular weight excluding hydrogens is 1380 g/mol. The van der Waals surface area contributed by atoms with E-state index in [4.69, 9.17) is 32.7 Å². The molecule has 4 aromatic heterocycles. The third kappa shape index (κ3) is 15.2. The summed E-state index contributed by atoms with van der Waals surface area (Å²) in [6.45, 7) is 15.7. The van der Waals surface area contributed by atoms with Crippen LogP contribution < -0.4 is 31.2 Å². The molecule has 0 saturated heterocycles. The van der Waals surface area contributed by atoms with Crippen LogP contribution in [0.2, 0.25) is 10.0 Å². The van der Waals surface area contributed by atoms with Crippen LogP contribution in [0.25, 0.3) is 113 Å². The van der Waals surface area contributed by atoms with Gasteiger partial charge in [0.15, 0.2) is 21.7 Å². The van der Waals surface area contributed by atoms with Crippen molar-refractivity contribution in [3.63, 3.8) is 0 Å². The van der Waals surface area contributed by atoms with E-state index in [-0.39, 0.29) is 27.5 Å². The molecule has 0 radical (unpaired) electrons. The molecular formula is C89H74Cl2O7S4. The minimum Gasteiger partial charge on any atom is -0.507 e. The van der Waals surface area contributed by atoms with Gasteiger partial charge in [0.25, 0.3) is 0 Å². The molecule has 17 rings (SSSR count). The van der Waals surface area contributed by atoms with Gasteiger partial charge in [0.05, 0.1) is 28.8 Å². The zero-order chi connectivity index (χ0) is 71.7. The van der Waals surface area contributed by atoms with Crippen LogP contribution in [-0.4, -0.2) is 18.8 Å². The van der Waals surface area contributed by atoms with Gasteiger partial charge < -0.3 is 14.6 Å². The molecule has 0 amide bonds. The minimum absolute atomic E-state index is 0.0266. The Morgan fingerprint density at radius 2 is 0.814 bits per heavy atom. The highest BCUT2D eigenvalue weighted by Crippen LogP contribution is 2.38. The predicted molar refractivity (Wildman–Crippen MR) is 444 cm³/mol. The first-order valence-corrected chi connectivity index (χ1v) is 37.9. The third-order valence-corrected chi connectivity index (χ3v) is 23.4. The molecule has 1 N–H and O–H groups in total. The highest BCUT2D eigenvalue weighted by Gasteiger charge is 2.16. The molecule has 4 heterocycles. The topological polar surface area (TPSA) is 107 Å². The summed E-state index contributed by atoms with van der Waals surface area (Å²) in [5.74, 6) is 2.26. The van der Waals surface area contributed by atoms with Crippen LogP contribution in [0, 0.1) is 13.8 Å². The Morgan fingerprint density at radius 1 is 0.392 bits per heavy atom. The number of halogens is 2. The summed E-state index contributed by atoms with van der Waals surface area (Å²) >= 11 is 18.7. The highest BCUT2D eigenvalue weighted by molar-refractivity contribution is 7.26. The molecule has 0 atom stereocenters. The monoisotopic (exact) mass is 1450 g/mol. The van der Waals surface area contributed by atoms with Crippen molar-refractivity contribution in [3.05, 3.63) is 321 Å². The van der Waals surface area contributed by atoms with Crippen molar-refractivity contribution in [1.29, 1.82) is 0 Å². The SMILES string of the molecule is CC(C)c1ccc2sc3ccccc3c(=O)c2c1.CCCOc1ccc(Cl)c2c(=O)c3ccccc3sc12.CCc1cc(CC)c2sc3ccccc3c(=O)c2c1.COc1ccc(O)c2ccccc12.Cc1c2ccccc2c(C)c2ccccc12.O=c1c2ccccc2sc2ccc(Cl)cc12. The average molecular weight is 1450 g/mol. The van der Waals surface area contributed by atoms with E-state index in [2.05, 4.69) is 121 Å². The molecule has 0 aliphatic carbocycles. The van der Waals surface area contributed by atoms with Crippen LogP contribution in [0.4, 0.5) is 0 Å². The van der Waals surface area contributed by atoms with Gasteiger partial charge >= 0.3 is 0 Å². The maximum atomic E-state index is 12.6. The van der Waals surface area contributed by atoms with Crippen molar-refractivity contribution in [1.82, 2.24) is 0 Å². The number of fused-ring (bicyclic) bond motifs is 11. The summed E-state index contributed by atoms with van der Waals surface area (Å²) in [7, 11) is 1.62. The summed E-state index contributed by atoms with van der Waals surface area (Å²) in [6, 6.07) is 78.9. The van der Waals surface area contributed by atoms with Crippen LogP contribution >= 0.6 is 68.5 Å². The summed E-state index contributed by atoms with van der Waals surface area (Å²) < 4.78 is 19.1. The first kappa shape index (κ1) is 72.0. The Balaban J connectivity index is 0.000000116. The third-order valence-electron chi connectivity index (χ3n) is 18.1. The van der Waals surface area contributed by atoms with Crippen molar-refractivity contribution >= 4 is 182 Å². The van der Waals surface area contributed by atoms with Crippen LogP contribution in [-0.2, 0) is 12.8 Å². The van der Waals surface area contributed by atoms with Gasteiger partial charge in [-0.1, -0.05) is 191 Å². The Labute approximate surface area is 617 Å². The van der Waals surface area contributed by atoms with E-state index < -0.39 is 0 Å². The lowest BCUT2D eigenvalue weighted by molar-refractivity contribution is 0.321. The molecule has 102 heavy (non-hydrogen) atoms. The second-order valence-electron chi connectivity index (χ2n) is 24.9. The molecule has 0 bridgehead atoms. The molecule has 13 heteroatoms. The molecule has 510 valence electrons. The second kappa shape index (κ2) is 32.4. The zero-order valence-corrected chi connectivity index (χ0v) is 62.6. The summed E-state index contributed by atoms with van der Waals surface area (Å²) in [4.78, 5) is 49.9. The number of benzene rings is 13. The minimum atomic E-state index is -0.0266. The van der Waals surface area contributed by atoms with Gasteiger partial charge in [0.1, 0.15) is 17.2 Å². The molecule has 0 fully saturated rings. The quantitative estimate of drug-likeness (QED) is 0.158. The molecule has 0 aliphatic rings. The Morgan fingerprint density at radius 3 is 1.30 bits per heavy atom. The fraction of sp³-hybridized carbons (Fsp3) is 0.146. The molecule has 13 aromatic carbocycles. The molecule has 7 nitrogen and oxygen atoms in total. The molecule has 0 saturated carbocycles. The lowest BCUT2D eigenvalue weighted by Crippen LogP contribution is -2.03. The van der Waals surface area contributed by atoms with Crippen molar-refractivity contribution in [2.75, 3.05) is 13.7 Å². The molecule has 0 spiro atoms. The van der Waals surface area contributed by atoms with Gasteiger partial charge in [-0.05, 0) is 198 Å². The highest BCUT2D eigenvalue weighted by atomic mass is 35.5. The van der Waals surface area contributed by atoms with Gasteiger partial charge in [-0.15, -0.1) is 45.3 Å². The van der Waals surface area contributed by atoms with E-state index in [0.717, 1.165) is 106 Å². The van der Waals surface area contributed by atoms with E-state index in [9.17, 15) is 24.3 Å². The maximum Gasteiger partial charge on any atom is 0.197 e. The Hall–Kier alpha value is -9.82. The van der Waals surface area contributed by atoms with Gasteiger partial charge in [-0.25, -0.2) is 0 Å². The standard InChI is InChI=1S/C17H16OS.C16H13ClO2S.C16H14OS.C16H14.C13H7ClOS.C11H10O2/c1-3-11-9-12(4-2)17-14(10-11)16(18)13-7-5-6-8-15(13)19-17;1-2-9-19-12-8-7-11(17)14-15(18)10-5-3-4-6-13(10)20-16(12)14;1-10(2)11-7-8-15-13(9-11)16(17)12-5-3-4-6-14(12)18-15;1-11-13-7-3-5-9-15(13)12(2)16-10-6-4-8-14(11)16;14-8-5-6-12-10(7-8)13(15)9-3-1-2-4-11(9)16-12;1-13-11-7-6-10(12)8-4-2-3-5-9(8)11/h5-10H,3-4H2,1-2H3;3-8H,2,9H2,1H3;3-10H,1-2H3;3-10H,1-2H3;1-7H;2-7,12H,1H3. The molecule has 0 aliphatic heterocycles. The van der Waals surface area contributed by atoms with Crippen LogP contribution in [0.15, 0.2) is 262 Å². The Kier molecular flexibility index (Phi) is 22.9. The number of phenolic OH excluding ortho intramolecular Hbond substituents is 1. The fourth-order valence-corrected chi connectivity index (χ4v) is 17.6. The van der Waals surface area contributed by atoms with Crippen molar-refractivity contribution < 1.29 is 14.6 Å². The number of methoxy groups -OCH3 is 1. The fourth-order valence-electron chi connectivity index (χ4n) is 12.6.